The van der Waals surface area contributed by atoms with Gasteiger partial charge in [0.25, 0.3) is 0 Å². The third kappa shape index (κ3) is 4.68. The molecule has 0 unspecified atom stereocenters. The molecule has 0 saturated carbocycles. The highest BCUT2D eigenvalue weighted by atomic mass is 32.2. The first-order valence-electron chi connectivity index (χ1n) is 9.10. The molecule has 0 saturated heterocycles. The first-order chi connectivity index (χ1) is 14.1. The van der Waals surface area contributed by atoms with Crippen molar-refractivity contribution in [2.24, 2.45) is 0 Å². The number of amides is 1. The standard InChI is InChI=1S/C20H23N5O3S/c1-5-25-18(14-8-10-21-11-9-14)23-24-20(25)29-13(2)19(26)22-15-6-7-16(27-3)17(12-15)28-4/h6-13H,5H2,1-4H3,(H,22,26)/t13-/m0/s1. The molecule has 1 N–H and O–H groups in total. The third-order valence-electron chi connectivity index (χ3n) is 4.27. The van der Waals surface area contributed by atoms with Gasteiger partial charge in [0.15, 0.2) is 22.5 Å². The van der Waals surface area contributed by atoms with Crippen LogP contribution in [0.4, 0.5) is 5.69 Å². The van der Waals surface area contributed by atoms with Crippen LogP contribution in [0.2, 0.25) is 0 Å². The number of ether oxygens (including phenoxy) is 2. The predicted molar refractivity (Wildman–Crippen MR) is 112 cm³/mol. The second-order valence-electron chi connectivity index (χ2n) is 6.11. The van der Waals surface area contributed by atoms with Crippen LogP contribution in [0.15, 0.2) is 47.9 Å². The molecule has 8 nitrogen and oxygen atoms in total. The molecule has 0 fully saturated rings. The number of carbonyl (C=O) groups excluding carboxylic acids is 1. The van der Waals surface area contributed by atoms with E-state index in [1.807, 2.05) is 30.5 Å². The number of methoxy groups -OCH3 is 2. The van der Waals surface area contributed by atoms with Gasteiger partial charge >= 0.3 is 0 Å². The maximum absolute atomic E-state index is 12.7. The fourth-order valence-corrected chi connectivity index (χ4v) is 3.66. The molecule has 2 heterocycles. The van der Waals surface area contributed by atoms with Gasteiger partial charge in [-0.05, 0) is 38.1 Å². The quantitative estimate of drug-likeness (QED) is 0.565. The van der Waals surface area contributed by atoms with E-state index in [0.717, 1.165) is 11.4 Å². The number of hydrogen-bond donors (Lipinski definition) is 1. The monoisotopic (exact) mass is 413 g/mol. The minimum atomic E-state index is -0.372. The van der Waals surface area contributed by atoms with Crippen molar-refractivity contribution in [1.29, 1.82) is 0 Å². The second-order valence-corrected chi connectivity index (χ2v) is 7.41. The largest absolute Gasteiger partial charge is 0.493 e. The molecule has 1 atom stereocenters. The van der Waals surface area contributed by atoms with Gasteiger partial charge in [-0.1, -0.05) is 11.8 Å². The Hall–Kier alpha value is -3.07. The van der Waals surface area contributed by atoms with Crippen molar-refractivity contribution in [3.8, 4) is 22.9 Å². The molecule has 9 heteroatoms. The molecule has 0 radical (unpaired) electrons. The van der Waals surface area contributed by atoms with Crippen molar-refractivity contribution >= 4 is 23.4 Å². The van der Waals surface area contributed by atoms with E-state index in [0.29, 0.717) is 28.9 Å². The predicted octanol–water partition coefficient (Wildman–Crippen LogP) is 3.50. The van der Waals surface area contributed by atoms with Gasteiger partial charge in [0.2, 0.25) is 5.91 Å². The van der Waals surface area contributed by atoms with Gasteiger partial charge in [-0.3, -0.25) is 9.78 Å². The highest BCUT2D eigenvalue weighted by molar-refractivity contribution is 8.00. The number of pyridine rings is 1. The molecule has 29 heavy (non-hydrogen) atoms. The van der Waals surface area contributed by atoms with E-state index in [2.05, 4.69) is 20.5 Å². The molecule has 2 aromatic heterocycles. The maximum Gasteiger partial charge on any atom is 0.237 e. The molecule has 0 spiro atoms. The topological polar surface area (TPSA) is 91.2 Å². The lowest BCUT2D eigenvalue weighted by atomic mass is 10.2. The minimum absolute atomic E-state index is 0.140. The third-order valence-corrected chi connectivity index (χ3v) is 5.35. The van der Waals surface area contributed by atoms with Gasteiger partial charge in [-0.2, -0.15) is 0 Å². The number of aromatic nitrogens is 4. The van der Waals surface area contributed by atoms with Crippen LogP contribution >= 0.6 is 11.8 Å². The fourth-order valence-electron chi connectivity index (χ4n) is 2.74. The lowest BCUT2D eigenvalue weighted by Gasteiger charge is -2.14. The smallest absolute Gasteiger partial charge is 0.237 e. The molecule has 3 aromatic rings. The number of rotatable bonds is 8. The lowest BCUT2D eigenvalue weighted by molar-refractivity contribution is -0.115. The summed E-state index contributed by atoms with van der Waals surface area (Å²) >= 11 is 1.36. The summed E-state index contributed by atoms with van der Waals surface area (Å²) in [4.78, 5) is 16.7. The molecule has 0 aliphatic rings. The average Bonchev–Trinajstić information content (AvgIpc) is 3.16. The van der Waals surface area contributed by atoms with Gasteiger partial charge < -0.3 is 19.4 Å². The summed E-state index contributed by atoms with van der Waals surface area (Å²) in [5.74, 6) is 1.77. The first-order valence-corrected chi connectivity index (χ1v) is 9.98. The van der Waals surface area contributed by atoms with E-state index in [1.165, 1.54) is 11.8 Å². The fraction of sp³-hybridized carbons (Fsp3) is 0.300. The Morgan fingerprint density at radius 1 is 1.14 bits per heavy atom. The SMILES string of the molecule is CCn1c(S[C@@H](C)C(=O)Nc2ccc(OC)c(OC)c2)nnc1-c1ccncc1. The Morgan fingerprint density at radius 3 is 2.52 bits per heavy atom. The van der Waals surface area contributed by atoms with Crippen LogP contribution in [0, 0.1) is 0 Å². The molecule has 152 valence electrons. The molecule has 3 rings (SSSR count). The van der Waals surface area contributed by atoms with Crippen molar-refractivity contribution in [2.45, 2.75) is 30.8 Å². The summed E-state index contributed by atoms with van der Waals surface area (Å²) in [6.07, 6.45) is 3.44. The van der Waals surface area contributed by atoms with Crippen LogP contribution in [-0.4, -0.2) is 45.1 Å². The summed E-state index contributed by atoms with van der Waals surface area (Å²) < 4.78 is 12.5. The van der Waals surface area contributed by atoms with Gasteiger partial charge in [-0.25, -0.2) is 0 Å². The van der Waals surface area contributed by atoms with E-state index < -0.39 is 0 Å². The number of anilines is 1. The zero-order valence-corrected chi connectivity index (χ0v) is 17.6. The zero-order chi connectivity index (χ0) is 20.8. The molecule has 1 amide bonds. The molecular formula is C20H23N5O3S. The van der Waals surface area contributed by atoms with Crippen LogP contribution in [0.3, 0.4) is 0 Å². The van der Waals surface area contributed by atoms with Crippen LogP contribution in [0.5, 0.6) is 11.5 Å². The molecule has 0 aliphatic carbocycles. The number of hydrogen-bond acceptors (Lipinski definition) is 7. The minimum Gasteiger partial charge on any atom is -0.493 e. The Kier molecular flexibility index (Phi) is 6.71. The Labute approximate surface area is 173 Å². The van der Waals surface area contributed by atoms with Crippen molar-refractivity contribution in [2.75, 3.05) is 19.5 Å². The highest BCUT2D eigenvalue weighted by Crippen LogP contribution is 2.31. The number of thioether (sulfide) groups is 1. The van der Waals surface area contributed by atoms with Crippen molar-refractivity contribution in [3.63, 3.8) is 0 Å². The normalized spacial score (nSPS) is 11.7. The number of carbonyl (C=O) groups is 1. The summed E-state index contributed by atoms with van der Waals surface area (Å²) in [5.41, 5.74) is 1.57. The van der Waals surface area contributed by atoms with Crippen molar-refractivity contribution in [1.82, 2.24) is 19.7 Å². The van der Waals surface area contributed by atoms with Gasteiger partial charge in [0, 0.05) is 36.3 Å². The number of benzene rings is 1. The number of nitrogens with one attached hydrogen (secondary N) is 1. The van der Waals surface area contributed by atoms with Crippen molar-refractivity contribution < 1.29 is 14.3 Å². The molecule has 0 aliphatic heterocycles. The first kappa shape index (κ1) is 20.7. The molecular weight excluding hydrogens is 390 g/mol. The van der Waals surface area contributed by atoms with Crippen LogP contribution in [-0.2, 0) is 11.3 Å². The van der Waals surface area contributed by atoms with Gasteiger partial charge in [-0.15, -0.1) is 10.2 Å². The summed E-state index contributed by atoms with van der Waals surface area (Å²) in [6, 6.07) is 9.02. The number of nitrogens with zero attached hydrogens (tertiary/aromatic N) is 4. The van der Waals surface area contributed by atoms with Gasteiger partial charge in [0.05, 0.1) is 19.5 Å². The van der Waals surface area contributed by atoms with E-state index >= 15 is 0 Å². The van der Waals surface area contributed by atoms with Crippen molar-refractivity contribution in [3.05, 3.63) is 42.7 Å². The Balaban J connectivity index is 1.72. The summed E-state index contributed by atoms with van der Waals surface area (Å²) in [6.45, 7) is 4.55. The second kappa shape index (κ2) is 9.42. The maximum atomic E-state index is 12.7. The zero-order valence-electron chi connectivity index (χ0n) is 16.7. The molecule has 0 bridgehead atoms. The summed E-state index contributed by atoms with van der Waals surface area (Å²) in [5, 5.41) is 11.8. The van der Waals surface area contributed by atoms with E-state index in [-0.39, 0.29) is 11.2 Å². The molecule has 1 aromatic carbocycles. The Bertz CT molecular complexity index is 978. The van der Waals surface area contributed by atoms with E-state index in [4.69, 9.17) is 9.47 Å². The highest BCUT2D eigenvalue weighted by Gasteiger charge is 2.21. The van der Waals surface area contributed by atoms with Crippen LogP contribution in [0.25, 0.3) is 11.4 Å². The summed E-state index contributed by atoms with van der Waals surface area (Å²) in [7, 11) is 3.12. The lowest BCUT2D eigenvalue weighted by Crippen LogP contribution is -2.23. The van der Waals surface area contributed by atoms with Crippen LogP contribution in [0.1, 0.15) is 13.8 Å². The van der Waals surface area contributed by atoms with Crippen LogP contribution < -0.4 is 14.8 Å². The van der Waals surface area contributed by atoms with E-state index in [9.17, 15) is 4.79 Å². The Morgan fingerprint density at radius 2 is 1.86 bits per heavy atom. The van der Waals surface area contributed by atoms with E-state index in [1.54, 1.807) is 44.8 Å². The average molecular weight is 414 g/mol. The van der Waals surface area contributed by atoms with Gasteiger partial charge in [0.1, 0.15) is 0 Å².